The quantitative estimate of drug-likeness (QED) is 0.274. The molecule has 0 bridgehead atoms. The molecule has 2 aromatic heterocycles. The predicted molar refractivity (Wildman–Crippen MR) is 145 cm³/mol. The lowest BCUT2D eigenvalue weighted by Gasteiger charge is -2.21. The minimum atomic E-state index is -4.76. The molecule has 5 rings (SSSR count). The molecule has 3 aromatic rings. The summed E-state index contributed by atoms with van der Waals surface area (Å²) < 4.78 is 81.6. The van der Waals surface area contributed by atoms with Crippen molar-refractivity contribution in [2.45, 2.75) is 45.7 Å². The van der Waals surface area contributed by atoms with Crippen LogP contribution in [0.25, 0.3) is 16.9 Å². The van der Waals surface area contributed by atoms with Gasteiger partial charge in [0.1, 0.15) is 0 Å². The number of imidazole rings is 1. The van der Waals surface area contributed by atoms with Gasteiger partial charge in [0.15, 0.2) is 28.7 Å². The minimum absolute atomic E-state index is 0.000312. The first-order valence-corrected chi connectivity index (χ1v) is 13.3. The second kappa shape index (κ2) is 11.3. The molecule has 10 nitrogen and oxygen atoms in total. The number of unbranched alkanes of at least 4 members (excludes halogenated alkanes) is 1. The van der Waals surface area contributed by atoms with Crippen molar-refractivity contribution in [3.8, 4) is 22.8 Å². The van der Waals surface area contributed by atoms with Crippen LogP contribution in [0.4, 0.5) is 22.0 Å². The van der Waals surface area contributed by atoms with Crippen LogP contribution in [0.3, 0.4) is 0 Å². The van der Waals surface area contributed by atoms with Crippen molar-refractivity contribution in [1.29, 1.82) is 0 Å². The summed E-state index contributed by atoms with van der Waals surface area (Å²) in [7, 11) is 1.26. The van der Waals surface area contributed by atoms with E-state index in [1.54, 1.807) is 13.8 Å². The molecule has 0 saturated heterocycles. The van der Waals surface area contributed by atoms with E-state index >= 15 is 4.39 Å². The van der Waals surface area contributed by atoms with Crippen molar-refractivity contribution in [1.82, 2.24) is 19.8 Å². The van der Waals surface area contributed by atoms with E-state index in [2.05, 4.69) is 20.6 Å². The van der Waals surface area contributed by atoms with E-state index in [4.69, 9.17) is 9.47 Å². The van der Waals surface area contributed by atoms with E-state index < -0.39 is 28.9 Å². The van der Waals surface area contributed by atoms with Crippen LogP contribution in [0.15, 0.2) is 40.7 Å². The number of carbonyl (C=O) groups excluding carboxylic acids is 2. The van der Waals surface area contributed by atoms with Crippen LogP contribution in [-0.2, 0) is 15.8 Å². The molecule has 0 saturated carbocycles. The van der Waals surface area contributed by atoms with Crippen LogP contribution >= 0.6 is 0 Å². The summed E-state index contributed by atoms with van der Waals surface area (Å²) in [5, 5.41) is 9.80. The average Bonchev–Trinajstić information content (AvgIpc) is 3.51. The van der Waals surface area contributed by atoms with Gasteiger partial charge in [-0.15, -0.1) is 0 Å². The zero-order chi connectivity index (χ0) is 31.1. The van der Waals surface area contributed by atoms with Gasteiger partial charge in [-0.2, -0.15) is 27.8 Å². The van der Waals surface area contributed by atoms with E-state index in [9.17, 15) is 27.2 Å². The molecule has 0 atom stereocenters. The van der Waals surface area contributed by atoms with Gasteiger partial charge in [0.2, 0.25) is 11.7 Å². The number of hydrogen-bond donors (Lipinski definition) is 1. The first kappa shape index (κ1) is 29.9. The molecule has 0 unspecified atom stereocenters. The molecule has 0 aliphatic carbocycles. The third kappa shape index (κ3) is 5.62. The summed E-state index contributed by atoms with van der Waals surface area (Å²) in [6.45, 7) is 3.72. The second-order valence-electron chi connectivity index (χ2n) is 10.5. The number of alkyl halides is 3. The molecule has 2 aliphatic heterocycles. The Kier molecular flexibility index (Phi) is 7.84. The SMILES string of the molecule is COc1ccc(-c2ccc(OCCCCN3N=C(C4=NNC(=O)CC4)C(C)(C)C3=O)c(F)c2F)n2cc(C(F)(F)F)nc12. The molecular formula is C28H27F5N6O4. The van der Waals surface area contributed by atoms with Crippen LogP contribution in [0.5, 0.6) is 11.5 Å². The molecule has 0 radical (unpaired) electrons. The summed E-state index contributed by atoms with van der Waals surface area (Å²) in [5.74, 6) is -3.38. The molecule has 228 valence electrons. The number of hydrazone groups is 2. The number of pyridine rings is 1. The lowest BCUT2D eigenvalue weighted by Crippen LogP contribution is -2.40. The molecule has 15 heteroatoms. The Hall–Kier alpha value is -4.56. The number of ether oxygens (including phenoxy) is 2. The number of carbonyl (C=O) groups is 2. The van der Waals surface area contributed by atoms with Crippen molar-refractivity contribution < 1.29 is 41.0 Å². The normalized spacial score (nSPS) is 16.8. The Bertz CT molecular complexity index is 1660. The molecule has 4 heterocycles. The highest BCUT2D eigenvalue weighted by Crippen LogP contribution is 2.36. The molecule has 43 heavy (non-hydrogen) atoms. The fourth-order valence-electron chi connectivity index (χ4n) is 4.88. The summed E-state index contributed by atoms with van der Waals surface area (Å²) in [4.78, 5) is 27.9. The minimum Gasteiger partial charge on any atom is -0.493 e. The highest BCUT2D eigenvalue weighted by Gasteiger charge is 2.45. The van der Waals surface area contributed by atoms with E-state index in [1.165, 1.54) is 36.4 Å². The van der Waals surface area contributed by atoms with Gasteiger partial charge in [0.25, 0.3) is 5.91 Å². The maximum Gasteiger partial charge on any atom is 0.434 e. The van der Waals surface area contributed by atoms with Crippen LogP contribution < -0.4 is 14.9 Å². The van der Waals surface area contributed by atoms with Gasteiger partial charge in [-0.05, 0) is 51.0 Å². The number of hydrogen-bond acceptors (Lipinski definition) is 7. The zero-order valence-corrected chi connectivity index (χ0v) is 23.4. The van der Waals surface area contributed by atoms with Crippen molar-refractivity contribution in [2.24, 2.45) is 15.6 Å². The molecule has 2 amide bonds. The highest BCUT2D eigenvalue weighted by atomic mass is 19.4. The number of rotatable bonds is 9. The number of nitrogens with one attached hydrogen (secondary N) is 1. The maximum absolute atomic E-state index is 15.2. The third-order valence-corrected chi connectivity index (χ3v) is 7.19. The molecule has 0 spiro atoms. The zero-order valence-electron chi connectivity index (χ0n) is 23.4. The van der Waals surface area contributed by atoms with Crippen molar-refractivity contribution in [3.05, 3.63) is 47.8 Å². The smallest absolute Gasteiger partial charge is 0.434 e. The second-order valence-corrected chi connectivity index (χ2v) is 10.5. The summed E-state index contributed by atoms with van der Waals surface area (Å²) in [6.07, 6.45) is -2.62. The Morgan fingerprint density at radius 2 is 1.77 bits per heavy atom. The Labute approximate surface area is 242 Å². The van der Waals surface area contributed by atoms with E-state index in [-0.39, 0.29) is 59.8 Å². The first-order chi connectivity index (χ1) is 20.3. The van der Waals surface area contributed by atoms with Crippen molar-refractivity contribution in [2.75, 3.05) is 20.3 Å². The highest BCUT2D eigenvalue weighted by molar-refractivity contribution is 6.49. The molecular weight excluding hydrogens is 579 g/mol. The van der Waals surface area contributed by atoms with E-state index in [1.807, 2.05) is 0 Å². The predicted octanol–water partition coefficient (Wildman–Crippen LogP) is 4.96. The van der Waals surface area contributed by atoms with Gasteiger partial charge < -0.3 is 9.47 Å². The van der Waals surface area contributed by atoms with Gasteiger partial charge >= 0.3 is 6.18 Å². The Balaban J connectivity index is 1.24. The third-order valence-electron chi connectivity index (χ3n) is 7.19. The lowest BCUT2D eigenvalue weighted by molar-refractivity contribution is -0.140. The number of amides is 2. The molecule has 2 aliphatic rings. The number of fused-ring (bicyclic) bond motifs is 1. The number of nitrogens with zero attached hydrogens (tertiary/aromatic N) is 5. The number of methoxy groups -OCH3 is 1. The number of halogens is 5. The van der Waals surface area contributed by atoms with Crippen LogP contribution in [0.2, 0.25) is 0 Å². The van der Waals surface area contributed by atoms with Crippen LogP contribution in [-0.4, -0.2) is 57.9 Å². The van der Waals surface area contributed by atoms with Gasteiger partial charge in [-0.3, -0.25) is 14.0 Å². The maximum atomic E-state index is 15.2. The molecule has 0 fully saturated rings. The fourth-order valence-corrected chi connectivity index (χ4v) is 4.88. The van der Waals surface area contributed by atoms with Crippen LogP contribution in [0.1, 0.15) is 45.2 Å². The standard InChI is InChI=1S/C28H27F5N6O4/c1-27(2)24(16-7-11-21(40)36-35-16)37-39(26(27)41)12-4-5-13-43-18-9-6-15(22(29)23(18)30)17-8-10-19(42-3)25-34-20(14-38(17)25)28(31,32)33/h6,8-10,14H,4-5,7,11-13H2,1-3H3,(H,36,40). The van der Waals surface area contributed by atoms with E-state index in [0.717, 1.165) is 4.40 Å². The molecule has 1 N–H and O–H groups in total. The van der Waals surface area contributed by atoms with Gasteiger partial charge in [-0.25, -0.2) is 19.8 Å². The fraction of sp³-hybridized carbons (Fsp3) is 0.393. The average molecular weight is 607 g/mol. The monoisotopic (exact) mass is 606 g/mol. The Morgan fingerprint density at radius 1 is 1.02 bits per heavy atom. The van der Waals surface area contributed by atoms with Gasteiger partial charge in [0.05, 0.1) is 36.2 Å². The molecule has 1 aromatic carbocycles. The Morgan fingerprint density at radius 3 is 2.44 bits per heavy atom. The topological polar surface area (TPSA) is 110 Å². The van der Waals surface area contributed by atoms with Crippen LogP contribution in [0, 0.1) is 17.0 Å². The van der Waals surface area contributed by atoms with Gasteiger partial charge in [0, 0.05) is 31.1 Å². The number of benzene rings is 1. The lowest BCUT2D eigenvalue weighted by atomic mass is 9.83. The number of aromatic nitrogens is 2. The summed E-state index contributed by atoms with van der Waals surface area (Å²) in [6, 6.07) is 5.02. The summed E-state index contributed by atoms with van der Waals surface area (Å²) >= 11 is 0. The van der Waals surface area contributed by atoms with Crippen molar-refractivity contribution >= 4 is 28.9 Å². The first-order valence-electron chi connectivity index (χ1n) is 13.3. The van der Waals surface area contributed by atoms with Gasteiger partial charge in [-0.1, -0.05) is 0 Å². The van der Waals surface area contributed by atoms with E-state index in [0.29, 0.717) is 36.9 Å². The van der Waals surface area contributed by atoms with Crippen molar-refractivity contribution in [3.63, 3.8) is 0 Å². The largest absolute Gasteiger partial charge is 0.493 e. The summed E-state index contributed by atoms with van der Waals surface area (Å²) in [5.41, 5.74) is 0.749.